The van der Waals surface area contributed by atoms with Crippen molar-refractivity contribution in [1.82, 2.24) is 5.32 Å². The van der Waals surface area contributed by atoms with Gasteiger partial charge in [0, 0.05) is 5.69 Å². The van der Waals surface area contributed by atoms with Gasteiger partial charge in [0.1, 0.15) is 17.1 Å². The summed E-state index contributed by atoms with van der Waals surface area (Å²) >= 11 is 0. The van der Waals surface area contributed by atoms with E-state index in [-0.39, 0.29) is 12.6 Å². The lowest BCUT2D eigenvalue weighted by Gasteiger charge is -2.21. The standard InChI is InChI=1S/C17H22N2O3/c1-4-13-6-5-7-14(10-13)19-16(20)18-11-17(3,21)15-9-8-12(2)22-15/h5-10,21H,4,11H2,1-3H3,(H2,18,19,20). The monoisotopic (exact) mass is 302 g/mol. The number of amides is 2. The van der Waals surface area contributed by atoms with Gasteiger partial charge >= 0.3 is 6.03 Å². The Hall–Kier alpha value is -2.27. The SMILES string of the molecule is CCc1cccc(NC(=O)NCC(C)(O)c2ccc(C)o2)c1. The fraction of sp³-hybridized carbons (Fsp3) is 0.353. The van der Waals surface area contributed by atoms with Crippen LogP contribution in [0.2, 0.25) is 0 Å². The first-order valence-corrected chi connectivity index (χ1v) is 7.34. The topological polar surface area (TPSA) is 74.5 Å². The van der Waals surface area contributed by atoms with Crippen LogP contribution in [0.15, 0.2) is 40.8 Å². The summed E-state index contributed by atoms with van der Waals surface area (Å²) in [4.78, 5) is 11.9. The summed E-state index contributed by atoms with van der Waals surface area (Å²) in [7, 11) is 0. The number of urea groups is 1. The predicted octanol–water partition coefficient (Wildman–Crippen LogP) is 3.18. The second kappa shape index (κ2) is 6.66. The highest BCUT2D eigenvalue weighted by molar-refractivity contribution is 5.89. The van der Waals surface area contributed by atoms with E-state index in [1.54, 1.807) is 26.0 Å². The molecule has 0 radical (unpaired) electrons. The molecule has 0 aliphatic carbocycles. The highest BCUT2D eigenvalue weighted by Crippen LogP contribution is 2.22. The van der Waals surface area contributed by atoms with Gasteiger partial charge < -0.3 is 20.2 Å². The lowest BCUT2D eigenvalue weighted by atomic mass is 10.0. The van der Waals surface area contributed by atoms with E-state index in [1.165, 1.54) is 0 Å². The normalized spacial score (nSPS) is 13.5. The second-order valence-corrected chi connectivity index (χ2v) is 5.55. The fourth-order valence-corrected chi connectivity index (χ4v) is 2.11. The Balaban J connectivity index is 1.92. The smallest absolute Gasteiger partial charge is 0.319 e. The molecule has 5 heteroatoms. The Kier molecular flexibility index (Phi) is 4.88. The fourth-order valence-electron chi connectivity index (χ4n) is 2.11. The van der Waals surface area contributed by atoms with Crippen molar-refractivity contribution in [3.63, 3.8) is 0 Å². The largest absolute Gasteiger partial charge is 0.463 e. The summed E-state index contributed by atoms with van der Waals surface area (Å²) < 4.78 is 5.41. The molecular formula is C17H22N2O3. The van der Waals surface area contributed by atoms with E-state index < -0.39 is 5.60 Å². The van der Waals surface area contributed by atoms with Gasteiger partial charge in [0.25, 0.3) is 0 Å². The van der Waals surface area contributed by atoms with Crippen molar-refractivity contribution in [2.24, 2.45) is 0 Å². The Morgan fingerprint density at radius 2 is 2.09 bits per heavy atom. The number of rotatable bonds is 5. The maximum atomic E-state index is 11.9. The quantitative estimate of drug-likeness (QED) is 0.794. The van der Waals surface area contributed by atoms with Crippen LogP contribution in [-0.4, -0.2) is 17.7 Å². The van der Waals surface area contributed by atoms with Crippen molar-refractivity contribution >= 4 is 11.7 Å². The van der Waals surface area contributed by atoms with Gasteiger partial charge in [-0.15, -0.1) is 0 Å². The lowest BCUT2D eigenvalue weighted by molar-refractivity contribution is 0.0364. The summed E-state index contributed by atoms with van der Waals surface area (Å²) in [6.07, 6.45) is 0.906. The molecule has 2 amide bonds. The number of carbonyl (C=O) groups is 1. The third kappa shape index (κ3) is 4.11. The van der Waals surface area contributed by atoms with Crippen molar-refractivity contribution in [3.8, 4) is 0 Å². The molecule has 1 heterocycles. The molecule has 1 aromatic carbocycles. The highest BCUT2D eigenvalue weighted by Gasteiger charge is 2.27. The van der Waals surface area contributed by atoms with Crippen molar-refractivity contribution in [3.05, 3.63) is 53.5 Å². The number of hydrogen-bond acceptors (Lipinski definition) is 3. The highest BCUT2D eigenvalue weighted by atomic mass is 16.4. The van der Waals surface area contributed by atoms with Gasteiger partial charge in [0.05, 0.1) is 6.54 Å². The van der Waals surface area contributed by atoms with Crippen molar-refractivity contribution in [2.75, 3.05) is 11.9 Å². The minimum atomic E-state index is -1.25. The van der Waals surface area contributed by atoms with Crippen LogP contribution < -0.4 is 10.6 Å². The Labute approximate surface area is 130 Å². The molecule has 0 fully saturated rings. The second-order valence-electron chi connectivity index (χ2n) is 5.55. The molecule has 0 bridgehead atoms. The molecule has 2 rings (SSSR count). The Bertz CT molecular complexity index is 647. The molecule has 0 spiro atoms. The minimum Gasteiger partial charge on any atom is -0.463 e. The molecular weight excluding hydrogens is 280 g/mol. The molecule has 5 nitrogen and oxygen atoms in total. The third-order valence-electron chi connectivity index (χ3n) is 3.46. The average molecular weight is 302 g/mol. The molecule has 1 aromatic heterocycles. The van der Waals surface area contributed by atoms with E-state index >= 15 is 0 Å². The van der Waals surface area contributed by atoms with Gasteiger partial charge in [0.2, 0.25) is 0 Å². The zero-order valence-corrected chi connectivity index (χ0v) is 13.1. The summed E-state index contributed by atoms with van der Waals surface area (Å²) in [6, 6.07) is 10.8. The number of carbonyl (C=O) groups excluding carboxylic acids is 1. The Morgan fingerprint density at radius 3 is 2.73 bits per heavy atom. The van der Waals surface area contributed by atoms with E-state index in [1.807, 2.05) is 24.3 Å². The van der Waals surface area contributed by atoms with Crippen LogP contribution in [0.5, 0.6) is 0 Å². The van der Waals surface area contributed by atoms with E-state index in [0.29, 0.717) is 5.76 Å². The van der Waals surface area contributed by atoms with Crippen molar-refractivity contribution < 1.29 is 14.3 Å². The molecule has 3 N–H and O–H groups in total. The molecule has 0 saturated carbocycles. The zero-order chi connectivity index (χ0) is 16.2. The molecule has 1 atom stereocenters. The van der Waals surface area contributed by atoms with E-state index in [4.69, 9.17) is 4.42 Å². The van der Waals surface area contributed by atoms with E-state index in [0.717, 1.165) is 23.4 Å². The van der Waals surface area contributed by atoms with Gasteiger partial charge in [-0.3, -0.25) is 0 Å². The summed E-state index contributed by atoms with van der Waals surface area (Å²) in [5.41, 5.74) is 0.623. The van der Waals surface area contributed by atoms with Gasteiger partial charge in [-0.2, -0.15) is 0 Å². The van der Waals surface area contributed by atoms with E-state index in [9.17, 15) is 9.90 Å². The van der Waals surface area contributed by atoms with Gasteiger partial charge in [-0.25, -0.2) is 4.79 Å². The average Bonchev–Trinajstić information content (AvgIpc) is 2.93. The van der Waals surface area contributed by atoms with Crippen LogP contribution >= 0.6 is 0 Å². The molecule has 118 valence electrons. The van der Waals surface area contributed by atoms with Crippen LogP contribution in [0, 0.1) is 6.92 Å². The Morgan fingerprint density at radius 1 is 1.32 bits per heavy atom. The van der Waals surface area contributed by atoms with Gasteiger partial charge in [0.15, 0.2) is 0 Å². The number of hydrogen-bond donors (Lipinski definition) is 3. The maximum Gasteiger partial charge on any atom is 0.319 e. The lowest BCUT2D eigenvalue weighted by Crippen LogP contribution is -2.40. The first kappa shape index (κ1) is 16.1. The molecule has 0 saturated heterocycles. The number of anilines is 1. The molecule has 0 aliphatic rings. The molecule has 1 unspecified atom stereocenters. The first-order valence-electron chi connectivity index (χ1n) is 7.34. The molecule has 22 heavy (non-hydrogen) atoms. The number of furan rings is 1. The van der Waals surface area contributed by atoms with Crippen molar-refractivity contribution in [2.45, 2.75) is 32.8 Å². The van der Waals surface area contributed by atoms with Gasteiger partial charge in [-0.05, 0) is 50.1 Å². The third-order valence-corrected chi connectivity index (χ3v) is 3.46. The summed E-state index contributed by atoms with van der Waals surface area (Å²) in [5, 5.41) is 15.8. The van der Waals surface area contributed by atoms with Crippen LogP contribution in [0.1, 0.15) is 30.9 Å². The number of aliphatic hydroxyl groups is 1. The minimum absolute atomic E-state index is 0.0548. The van der Waals surface area contributed by atoms with Crippen molar-refractivity contribution in [1.29, 1.82) is 0 Å². The van der Waals surface area contributed by atoms with Crippen LogP contribution in [0.4, 0.5) is 10.5 Å². The van der Waals surface area contributed by atoms with Crippen LogP contribution in [0.3, 0.4) is 0 Å². The van der Waals surface area contributed by atoms with Crippen LogP contribution in [0.25, 0.3) is 0 Å². The maximum absolute atomic E-state index is 11.9. The summed E-state index contributed by atoms with van der Waals surface area (Å²) in [6.45, 7) is 5.52. The zero-order valence-electron chi connectivity index (χ0n) is 13.1. The molecule has 2 aromatic rings. The van der Waals surface area contributed by atoms with E-state index in [2.05, 4.69) is 17.6 Å². The summed E-state index contributed by atoms with van der Waals surface area (Å²) in [5.74, 6) is 1.15. The number of benzene rings is 1. The first-order chi connectivity index (χ1) is 10.4. The molecule has 0 aliphatic heterocycles. The number of aryl methyl sites for hydroxylation is 2. The van der Waals surface area contributed by atoms with Gasteiger partial charge in [-0.1, -0.05) is 19.1 Å². The number of nitrogens with one attached hydrogen (secondary N) is 2. The predicted molar refractivity (Wildman–Crippen MR) is 85.9 cm³/mol. The van der Waals surface area contributed by atoms with Crippen LogP contribution in [-0.2, 0) is 12.0 Å².